The van der Waals surface area contributed by atoms with Crippen LogP contribution in [-0.4, -0.2) is 46.3 Å². The molecule has 0 unspecified atom stereocenters. The summed E-state index contributed by atoms with van der Waals surface area (Å²) in [4.78, 5) is 14.5. The normalized spacial score (nSPS) is 18.5. The van der Waals surface area contributed by atoms with E-state index in [0.717, 1.165) is 25.2 Å². The number of hydrogen-bond donors (Lipinski definition) is 1. The van der Waals surface area contributed by atoms with Crippen LogP contribution in [0.4, 0.5) is 0 Å². The van der Waals surface area contributed by atoms with E-state index in [-0.39, 0.29) is 11.9 Å². The first-order valence-corrected chi connectivity index (χ1v) is 7.80. The summed E-state index contributed by atoms with van der Waals surface area (Å²) in [5.74, 6) is 0.0411. The lowest BCUT2D eigenvalue weighted by Crippen LogP contribution is -2.52. The van der Waals surface area contributed by atoms with Gasteiger partial charge in [0.15, 0.2) is 0 Å². The number of hydrogen-bond acceptors (Lipinski definition) is 3. The molecule has 116 valence electrons. The zero-order chi connectivity index (χ0) is 15.5. The summed E-state index contributed by atoms with van der Waals surface area (Å²) in [6.45, 7) is 5.02. The standard InChI is InChI=1S/C16H19ClN4O/c1-12-8-18-6-7-21(12)16(22)14-9-19-20(11-14)10-13-4-2-3-5-15(13)17/h2-5,9,11-12,18H,6-8,10H2,1H3/t12-/m1/s1. The topological polar surface area (TPSA) is 50.2 Å². The van der Waals surface area contributed by atoms with Crippen LogP contribution in [0.1, 0.15) is 22.8 Å². The quantitative estimate of drug-likeness (QED) is 0.942. The fourth-order valence-corrected chi connectivity index (χ4v) is 2.87. The van der Waals surface area contributed by atoms with Gasteiger partial charge in [-0.05, 0) is 18.6 Å². The number of rotatable bonds is 3. The third-order valence-electron chi connectivity index (χ3n) is 3.93. The van der Waals surface area contributed by atoms with Crippen molar-refractivity contribution in [3.63, 3.8) is 0 Å². The molecule has 3 rings (SSSR count). The van der Waals surface area contributed by atoms with Crippen molar-refractivity contribution in [2.75, 3.05) is 19.6 Å². The van der Waals surface area contributed by atoms with E-state index in [1.54, 1.807) is 17.1 Å². The van der Waals surface area contributed by atoms with E-state index in [2.05, 4.69) is 17.3 Å². The highest BCUT2D eigenvalue weighted by Gasteiger charge is 2.24. The Hall–Kier alpha value is -1.85. The van der Waals surface area contributed by atoms with Gasteiger partial charge in [-0.1, -0.05) is 29.8 Å². The average Bonchev–Trinajstić information content (AvgIpc) is 2.98. The van der Waals surface area contributed by atoms with Gasteiger partial charge in [0.05, 0.1) is 18.3 Å². The molecule has 0 aliphatic carbocycles. The number of nitrogens with zero attached hydrogens (tertiary/aromatic N) is 3. The maximum absolute atomic E-state index is 12.6. The summed E-state index contributed by atoms with van der Waals surface area (Å²) in [6.07, 6.45) is 3.42. The first-order valence-electron chi connectivity index (χ1n) is 7.42. The van der Waals surface area contributed by atoms with Gasteiger partial charge in [0.1, 0.15) is 0 Å². The molecular formula is C16H19ClN4O. The van der Waals surface area contributed by atoms with Crippen molar-refractivity contribution >= 4 is 17.5 Å². The first-order chi connectivity index (χ1) is 10.6. The fourth-order valence-electron chi connectivity index (χ4n) is 2.67. The smallest absolute Gasteiger partial charge is 0.257 e. The highest BCUT2D eigenvalue weighted by atomic mass is 35.5. The lowest BCUT2D eigenvalue weighted by Gasteiger charge is -2.33. The minimum absolute atomic E-state index is 0.0411. The number of nitrogens with one attached hydrogen (secondary N) is 1. The summed E-state index contributed by atoms with van der Waals surface area (Å²) in [7, 11) is 0. The number of amides is 1. The molecule has 1 atom stereocenters. The molecule has 1 amide bonds. The zero-order valence-electron chi connectivity index (χ0n) is 12.5. The highest BCUT2D eigenvalue weighted by Crippen LogP contribution is 2.16. The van der Waals surface area contributed by atoms with E-state index in [0.29, 0.717) is 17.1 Å². The molecule has 0 radical (unpaired) electrons. The minimum atomic E-state index is 0.0411. The van der Waals surface area contributed by atoms with Crippen molar-refractivity contribution in [2.24, 2.45) is 0 Å². The molecule has 6 heteroatoms. The highest BCUT2D eigenvalue weighted by molar-refractivity contribution is 6.31. The van der Waals surface area contributed by atoms with E-state index in [4.69, 9.17) is 11.6 Å². The second-order valence-electron chi connectivity index (χ2n) is 5.57. The Morgan fingerprint density at radius 3 is 3.05 bits per heavy atom. The van der Waals surface area contributed by atoms with Crippen molar-refractivity contribution < 1.29 is 4.79 Å². The predicted molar refractivity (Wildman–Crippen MR) is 86.1 cm³/mol. The lowest BCUT2D eigenvalue weighted by atomic mass is 10.2. The largest absolute Gasteiger partial charge is 0.333 e. The molecule has 0 bridgehead atoms. The van der Waals surface area contributed by atoms with Gasteiger partial charge in [0, 0.05) is 36.9 Å². The molecule has 2 heterocycles. The molecule has 1 aromatic carbocycles. The van der Waals surface area contributed by atoms with E-state index < -0.39 is 0 Å². The number of benzene rings is 1. The lowest BCUT2D eigenvalue weighted by molar-refractivity contribution is 0.0655. The molecule has 1 saturated heterocycles. The van der Waals surface area contributed by atoms with Crippen LogP contribution in [0.2, 0.25) is 5.02 Å². The summed E-state index contributed by atoms with van der Waals surface area (Å²) < 4.78 is 1.75. The Balaban J connectivity index is 1.73. The number of carbonyl (C=O) groups is 1. The third-order valence-corrected chi connectivity index (χ3v) is 4.30. The molecular weight excluding hydrogens is 300 g/mol. The number of carbonyl (C=O) groups excluding carboxylic acids is 1. The Morgan fingerprint density at radius 1 is 1.45 bits per heavy atom. The van der Waals surface area contributed by atoms with Crippen LogP contribution < -0.4 is 5.32 Å². The van der Waals surface area contributed by atoms with Crippen LogP contribution in [0.15, 0.2) is 36.7 Å². The van der Waals surface area contributed by atoms with Crippen molar-refractivity contribution in [3.05, 3.63) is 52.8 Å². The van der Waals surface area contributed by atoms with Crippen molar-refractivity contribution in [3.8, 4) is 0 Å². The third kappa shape index (κ3) is 3.15. The molecule has 2 aromatic rings. The second-order valence-corrected chi connectivity index (χ2v) is 5.98. The van der Waals surface area contributed by atoms with Crippen LogP contribution >= 0.6 is 11.6 Å². The molecule has 1 aliphatic rings. The van der Waals surface area contributed by atoms with Gasteiger partial charge >= 0.3 is 0 Å². The van der Waals surface area contributed by atoms with Crippen molar-refractivity contribution in [1.82, 2.24) is 20.0 Å². The Labute approximate surface area is 134 Å². The molecule has 0 spiro atoms. The summed E-state index contributed by atoms with van der Waals surface area (Å²) in [5, 5.41) is 8.28. The fraction of sp³-hybridized carbons (Fsp3) is 0.375. The molecule has 1 N–H and O–H groups in total. The molecule has 5 nitrogen and oxygen atoms in total. The summed E-state index contributed by atoms with van der Waals surface area (Å²) in [6, 6.07) is 7.86. The summed E-state index contributed by atoms with van der Waals surface area (Å²) >= 11 is 6.16. The predicted octanol–water partition coefficient (Wildman–Crippen LogP) is 2.02. The maximum Gasteiger partial charge on any atom is 0.257 e. The maximum atomic E-state index is 12.6. The van der Waals surface area contributed by atoms with Crippen LogP contribution in [0.25, 0.3) is 0 Å². The van der Waals surface area contributed by atoms with Crippen LogP contribution in [0, 0.1) is 0 Å². The van der Waals surface area contributed by atoms with E-state index in [1.165, 1.54) is 0 Å². The van der Waals surface area contributed by atoms with Crippen molar-refractivity contribution in [1.29, 1.82) is 0 Å². The Kier molecular flexibility index (Phi) is 4.45. The van der Waals surface area contributed by atoms with Crippen LogP contribution in [0.5, 0.6) is 0 Å². The number of halogens is 1. The Morgan fingerprint density at radius 2 is 2.27 bits per heavy atom. The zero-order valence-corrected chi connectivity index (χ0v) is 13.3. The monoisotopic (exact) mass is 318 g/mol. The van der Waals surface area contributed by atoms with Crippen LogP contribution in [-0.2, 0) is 6.54 Å². The van der Waals surface area contributed by atoms with E-state index in [1.807, 2.05) is 29.2 Å². The molecule has 22 heavy (non-hydrogen) atoms. The van der Waals surface area contributed by atoms with Gasteiger partial charge in [0.2, 0.25) is 0 Å². The Bertz CT molecular complexity index is 670. The average molecular weight is 319 g/mol. The van der Waals surface area contributed by atoms with Gasteiger partial charge in [-0.2, -0.15) is 5.10 Å². The SMILES string of the molecule is C[C@@H]1CNCCN1C(=O)c1cnn(Cc2ccccc2Cl)c1. The van der Waals surface area contributed by atoms with Crippen molar-refractivity contribution in [2.45, 2.75) is 19.5 Å². The second kappa shape index (κ2) is 6.50. The molecule has 1 fully saturated rings. The van der Waals surface area contributed by atoms with Gasteiger partial charge in [-0.3, -0.25) is 9.48 Å². The van der Waals surface area contributed by atoms with Gasteiger partial charge in [0.25, 0.3) is 5.91 Å². The van der Waals surface area contributed by atoms with E-state index in [9.17, 15) is 4.79 Å². The first kappa shape index (κ1) is 15.1. The van der Waals surface area contributed by atoms with E-state index >= 15 is 0 Å². The number of piperazine rings is 1. The number of aromatic nitrogens is 2. The molecule has 0 saturated carbocycles. The summed E-state index contributed by atoms with van der Waals surface area (Å²) in [5.41, 5.74) is 1.61. The van der Waals surface area contributed by atoms with Gasteiger partial charge in [-0.25, -0.2) is 0 Å². The van der Waals surface area contributed by atoms with Gasteiger partial charge in [-0.15, -0.1) is 0 Å². The molecule has 1 aliphatic heterocycles. The minimum Gasteiger partial charge on any atom is -0.333 e. The van der Waals surface area contributed by atoms with Crippen LogP contribution in [0.3, 0.4) is 0 Å². The van der Waals surface area contributed by atoms with Gasteiger partial charge < -0.3 is 10.2 Å². The molecule has 1 aromatic heterocycles.